The van der Waals surface area contributed by atoms with Crippen LogP contribution in [0, 0.1) is 5.92 Å². The minimum absolute atomic E-state index is 0.0316. The Morgan fingerprint density at radius 2 is 1.80 bits per heavy atom. The molecule has 1 N–H and O–H groups in total. The van der Waals surface area contributed by atoms with Crippen molar-refractivity contribution in [3.63, 3.8) is 0 Å². The number of nitrogens with zero attached hydrogens (tertiary/aromatic N) is 4. The molecule has 0 radical (unpaired) electrons. The molecule has 1 saturated heterocycles. The summed E-state index contributed by atoms with van der Waals surface area (Å²) in [5, 5.41) is 3.78. The molecule has 0 spiro atoms. The Hall–Kier alpha value is -3.85. The molecule has 0 unspecified atom stereocenters. The predicted octanol–water partition coefficient (Wildman–Crippen LogP) is 6.88. The highest BCUT2D eigenvalue weighted by Crippen LogP contribution is 2.48. The van der Waals surface area contributed by atoms with Gasteiger partial charge in [-0.15, -0.1) is 0 Å². The first-order valence-corrected chi connectivity index (χ1v) is 15.9. The summed E-state index contributed by atoms with van der Waals surface area (Å²) in [7, 11) is 1.92. The Kier molecular flexibility index (Phi) is 7.19. The summed E-state index contributed by atoms with van der Waals surface area (Å²) in [6.45, 7) is 5.21. The topological polar surface area (TPSA) is 98.6 Å². The van der Waals surface area contributed by atoms with E-state index in [-0.39, 0.29) is 23.5 Å². The fourth-order valence-electron chi connectivity index (χ4n) is 6.54. The van der Waals surface area contributed by atoms with Gasteiger partial charge in [0.05, 0.1) is 30.0 Å². The molecule has 3 aliphatic carbocycles. The standard InChI is InChI=1S/C34H38ClN5O4/c1-33(10-11-33)43-31(41)38-30(27-19-36-20-39(27)3)26-17-22-5-4-14-37-29(22)28(24-7-6-23(35)18-25(24)26)21-8-15-40(16-9-21)32(42)44-34(2)12-13-34/h4-7,14,17-21,28,30H,8-13,15-16H2,1-3H3,(H,38,41)/t28-,30+/m0/s1. The van der Waals surface area contributed by atoms with Gasteiger partial charge in [-0.3, -0.25) is 4.98 Å². The van der Waals surface area contributed by atoms with Gasteiger partial charge in [-0.05, 0) is 105 Å². The molecule has 3 fully saturated rings. The van der Waals surface area contributed by atoms with Crippen LogP contribution in [0.3, 0.4) is 0 Å². The van der Waals surface area contributed by atoms with Gasteiger partial charge in [0.25, 0.3) is 0 Å². The lowest BCUT2D eigenvalue weighted by atomic mass is 9.75. The number of halogens is 1. The van der Waals surface area contributed by atoms with E-state index in [0.717, 1.165) is 72.2 Å². The summed E-state index contributed by atoms with van der Waals surface area (Å²) in [6.07, 6.45) is 12.0. The van der Waals surface area contributed by atoms with E-state index in [2.05, 4.69) is 28.5 Å². The number of amides is 2. The second kappa shape index (κ2) is 10.9. The molecule has 7 rings (SSSR count). The maximum atomic E-state index is 13.3. The van der Waals surface area contributed by atoms with E-state index in [1.54, 1.807) is 12.5 Å². The van der Waals surface area contributed by atoms with Crippen LogP contribution >= 0.6 is 11.6 Å². The number of hydrogen-bond acceptors (Lipinski definition) is 6. The normalized spacial score (nSPS) is 22.0. The van der Waals surface area contributed by atoms with Crippen molar-refractivity contribution in [2.75, 3.05) is 13.1 Å². The molecule has 3 heterocycles. The lowest BCUT2D eigenvalue weighted by molar-refractivity contribution is 0.0480. The van der Waals surface area contributed by atoms with E-state index < -0.39 is 17.7 Å². The Morgan fingerprint density at radius 1 is 1.07 bits per heavy atom. The summed E-state index contributed by atoms with van der Waals surface area (Å²) in [4.78, 5) is 37.3. The van der Waals surface area contributed by atoms with Crippen molar-refractivity contribution < 1.29 is 19.1 Å². The first kappa shape index (κ1) is 28.9. The van der Waals surface area contributed by atoms with Gasteiger partial charge < -0.3 is 24.3 Å². The molecule has 3 aromatic rings. The van der Waals surface area contributed by atoms with Gasteiger partial charge in [-0.25, -0.2) is 14.6 Å². The SMILES string of the molecule is Cn1cncc1[C@H](NC(=O)OC1(C)CC1)C1=Cc2cccnc2[C@@H](C2CCN(C(=O)OC3(C)CC3)CC2)c2ccc(Cl)cc21. The van der Waals surface area contributed by atoms with Crippen LogP contribution in [0.15, 0.2) is 49.1 Å². The Balaban J connectivity index is 1.26. The van der Waals surface area contributed by atoms with Gasteiger partial charge in [-0.2, -0.15) is 0 Å². The van der Waals surface area contributed by atoms with Gasteiger partial charge >= 0.3 is 12.2 Å². The van der Waals surface area contributed by atoms with Crippen molar-refractivity contribution in [1.82, 2.24) is 24.8 Å². The Labute approximate surface area is 262 Å². The fraction of sp³-hybridized carbons (Fsp3) is 0.471. The number of pyridine rings is 1. The highest BCUT2D eigenvalue weighted by atomic mass is 35.5. The molecule has 1 aliphatic heterocycles. The molecule has 0 bridgehead atoms. The van der Waals surface area contributed by atoms with E-state index in [0.29, 0.717) is 18.1 Å². The van der Waals surface area contributed by atoms with Crippen LogP contribution in [0.1, 0.15) is 92.4 Å². The average molecular weight is 616 g/mol. The van der Waals surface area contributed by atoms with Crippen LogP contribution in [0.2, 0.25) is 5.02 Å². The van der Waals surface area contributed by atoms with Crippen LogP contribution in [0.25, 0.3) is 11.6 Å². The second-order valence-electron chi connectivity index (χ2n) is 13.3. The Bertz CT molecular complexity index is 1630. The zero-order chi connectivity index (χ0) is 30.6. The summed E-state index contributed by atoms with van der Waals surface area (Å²) in [6, 6.07) is 9.48. The third kappa shape index (κ3) is 5.70. The van der Waals surface area contributed by atoms with Crippen molar-refractivity contribution in [3.8, 4) is 0 Å². The average Bonchev–Trinajstić information content (AvgIpc) is 3.88. The van der Waals surface area contributed by atoms with Gasteiger partial charge in [0.2, 0.25) is 0 Å². The molecule has 4 aliphatic rings. The van der Waals surface area contributed by atoms with Crippen molar-refractivity contribution >= 4 is 35.4 Å². The lowest BCUT2D eigenvalue weighted by Crippen LogP contribution is -2.41. The zero-order valence-electron chi connectivity index (χ0n) is 25.4. The van der Waals surface area contributed by atoms with Crippen LogP contribution in [0.4, 0.5) is 9.59 Å². The van der Waals surface area contributed by atoms with Gasteiger partial charge in [-0.1, -0.05) is 23.7 Å². The quantitative estimate of drug-likeness (QED) is 0.325. The molecule has 2 amide bonds. The minimum Gasteiger partial charge on any atom is -0.443 e. The van der Waals surface area contributed by atoms with E-state index in [1.165, 1.54) is 0 Å². The molecular formula is C34H38ClN5O4. The molecule has 1 aromatic carbocycles. The van der Waals surface area contributed by atoms with E-state index in [1.807, 2.05) is 54.8 Å². The molecule has 2 atom stereocenters. The number of fused-ring (bicyclic) bond motifs is 2. The third-order valence-electron chi connectivity index (χ3n) is 9.71. The number of piperidine rings is 1. The number of carbonyl (C=O) groups excluding carboxylic acids is 2. The number of imidazole rings is 1. The smallest absolute Gasteiger partial charge is 0.410 e. The minimum atomic E-state index is -0.554. The first-order valence-electron chi connectivity index (χ1n) is 15.5. The number of rotatable bonds is 6. The zero-order valence-corrected chi connectivity index (χ0v) is 26.1. The van der Waals surface area contributed by atoms with Crippen molar-refractivity contribution in [1.29, 1.82) is 0 Å². The lowest BCUT2D eigenvalue weighted by Gasteiger charge is -2.37. The molecule has 230 valence electrons. The molecule has 44 heavy (non-hydrogen) atoms. The van der Waals surface area contributed by atoms with E-state index in [9.17, 15) is 9.59 Å². The summed E-state index contributed by atoms with van der Waals surface area (Å²) in [5.74, 6) is 0.204. The summed E-state index contributed by atoms with van der Waals surface area (Å²) >= 11 is 6.68. The van der Waals surface area contributed by atoms with Crippen LogP contribution in [0.5, 0.6) is 0 Å². The number of aryl methyl sites for hydroxylation is 1. The number of benzene rings is 1. The first-order chi connectivity index (χ1) is 21.1. The number of nitrogens with one attached hydrogen (secondary N) is 1. The van der Waals surface area contributed by atoms with Crippen molar-refractivity contribution in [3.05, 3.63) is 82.2 Å². The highest BCUT2D eigenvalue weighted by Gasteiger charge is 2.44. The van der Waals surface area contributed by atoms with Gasteiger partial charge in [0.15, 0.2) is 0 Å². The molecule has 10 heteroatoms. The maximum absolute atomic E-state index is 13.3. The fourth-order valence-corrected chi connectivity index (χ4v) is 6.72. The number of carbonyl (C=O) groups is 2. The Morgan fingerprint density at radius 3 is 2.48 bits per heavy atom. The maximum Gasteiger partial charge on any atom is 0.410 e. The van der Waals surface area contributed by atoms with E-state index in [4.69, 9.17) is 26.1 Å². The second-order valence-corrected chi connectivity index (χ2v) is 13.7. The number of hydrogen-bond donors (Lipinski definition) is 1. The number of likely N-dealkylation sites (tertiary alicyclic amines) is 1. The number of alkyl carbamates (subject to hydrolysis) is 1. The monoisotopic (exact) mass is 615 g/mol. The summed E-state index contributed by atoms with van der Waals surface area (Å²) < 4.78 is 13.5. The van der Waals surface area contributed by atoms with Crippen LogP contribution in [-0.2, 0) is 16.5 Å². The molecule has 2 aromatic heterocycles. The predicted molar refractivity (Wildman–Crippen MR) is 167 cm³/mol. The highest BCUT2D eigenvalue weighted by molar-refractivity contribution is 6.30. The van der Waals surface area contributed by atoms with Gasteiger partial charge in [0.1, 0.15) is 11.2 Å². The molecule has 9 nitrogen and oxygen atoms in total. The summed E-state index contributed by atoms with van der Waals surface area (Å²) in [5.41, 5.74) is 5.02. The largest absolute Gasteiger partial charge is 0.443 e. The van der Waals surface area contributed by atoms with Crippen LogP contribution < -0.4 is 5.32 Å². The van der Waals surface area contributed by atoms with Crippen LogP contribution in [-0.4, -0.2) is 55.9 Å². The van der Waals surface area contributed by atoms with Crippen molar-refractivity contribution in [2.45, 2.75) is 75.5 Å². The van der Waals surface area contributed by atoms with E-state index >= 15 is 0 Å². The third-order valence-corrected chi connectivity index (χ3v) is 9.95. The number of aromatic nitrogens is 3. The van der Waals surface area contributed by atoms with Gasteiger partial charge in [0, 0.05) is 37.3 Å². The molecule has 2 saturated carbocycles. The van der Waals surface area contributed by atoms with Crippen molar-refractivity contribution in [2.24, 2.45) is 13.0 Å². The molecular weight excluding hydrogens is 578 g/mol. The number of ether oxygens (including phenoxy) is 2.